The van der Waals surface area contributed by atoms with Gasteiger partial charge in [-0.15, -0.1) is 0 Å². The van der Waals surface area contributed by atoms with Crippen LogP contribution in [0.15, 0.2) is 4.99 Å². The normalized spacial score (nSPS) is 37.3. The lowest BCUT2D eigenvalue weighted by molar-refractivity contribution is -0.191. The Balaban J connectivity index is 1.75. The van der Waals surface area contributed by atoms with Crippen molar-refractivity contribution in [3.05, 3.63) is 0 Å². The van der Waals surface area contributed by atoms with Crippen molar-refractivity contribution in [2.75, 3.05) is 19.7 Å². The van der Waals surface area contributed by atoms with E-state index in [0.717, 1.165) is 25.9 Å². The van der Waals surface area contributed by atoms with Gasteiger partial charge >= 0.3 is 6.18 Å². The molecular formula is C14H22F3N3O. The van der Waals surface area contributed by atoms with Crippen LogP contribution in [0.2, 0.25) is 0 Å². The van der Waals surface area contributed by atoms with Crippen molar-refractivity contribution >= 4 is 5.96 Å². The average Bonchev–Trinajstić information content (AvgIpc) is 3.03. The molecule has 0 aromatic carbocycles. The maximum Gasteiger partial charge on any atom is 0.391 e. The zero-order valence-electron chi connectivity index (χ0n) is 12.0. The molecule has 2 aliphatic heterocycles. The summed E-state index contributed by atoms with van der Waals surface area (Å²) in [6, 6.07) is 0. The smallest absolute Gasteiger partial charge is 0.376 e. The summed E-state index contributed by atoms with van der Waals surface area (Å²) in [6.45, 7) is 1.69. The molecule has 120 valence electrons. The van der Waals surface area contributed by atoms with E-state index >= 15 is 0 Å². The van der Waals surface area contributed by atoms with Crippen molar-refractivity contribution < 1.29 is 17.9 Å². The molecule has 3 unspecified atom stereocenters. The van der Waals surface area contributed by atoms with E-state index < -0.39 is 17.6 Å². The summed E-state index contributed by atoms with van der Waals surface area (Å²) in [5.41, 5.74) is 5.41. The first-order valence-electron chi connectivity index (χ1n) is 7.67. The van der Waals surface area contributed by atoms with Gasteiger partial charge in [0.25, 0.3) is 0 Å². The van der Waals surface area contributed by atoms with Gasteiger partial charge in [0.2, 0.25) is 0 Å². The third-order valence-corrected chi connectivity index (χ3v) is 5.08. The summed E-state index contributed by atoms with van der Waals surface area (Å²) in [4.78, 5) is 6.15. The third-order valence-electron chi connectivity index (χ3n) is 5.08. The number of hydrogen-bond acceptors (Lipinski definition) is 4. The lowest BCUT2D eigenvalue weighted by Crippen LogP contribution is -2.57. The lowest BCUT2D eigenvalue weighted by Gasteiger charge is -2.45. The molecule has 0 amide bonds. The largest absolute Gasteiger partial charge is 0.391 e. The molecule has 3 atom stereocenters. The summed E-state index contributed by atoms with van der Waals surface area (Å²) in [5.74, 6) is -0.854. The van der Waals surface area contributed by atoms with Gasteiger partial charge in [0.1, 0.15) is 0 Å². The highest BCUT2D eigenvalue weighted by Crippen LogP contribution is 2.46. The minimum atomic E-state index is -4.12. The fourth-order valence-electron chi connectivity index (χ4n) is 3.93. The predicted molar refractivity (Wildman–Crippen MR) is 72.9 cm³/mol. The van der Waals surface area contributed by atoms with Gasteiger partial charge in [-0.2, -0.15) is 13.2 Å². The molecule has 0 radical (unpaired) electrons. The second-order valence-corrected chi connectivity index (χ2v) is 6.48. The Morgan fingerprint density at radius 2 is 2.14 bits per heavy atom. The van der Waals surface area contributed by atoms with E-state index in [9.17, 15) is 13.2 Å². The fourth-order valence-corrected chi connectivity index (χ4v) is 3.93. The number of ether oxygens (including phenoxy) is 1. The molecule has 21 heavy (non-hydrogen) atoms. The Morgan fingerprint density at radius 1 is 1.33 bits per heavy atom. The second-order valence-electron chi connectivity index (χ2n) is 6.48. The topological polar surface area (TPSA) is 50.8 Å². The van der Waals surface area contributed by atoms with E-state index in [2.05, 4.69) is 4.99 Å². The Kier molecular flexibility index (Phi) is 3.80. The van der Waals surface area contributed by atoms with Crippen molar-refractivity contribution in [2.45, 2.75) is 56.3 Å². The highest BCUT2D eigenvalue weighted by Gasteiger charge is 2.52. The number of aliphatic imine (C=N–C) groups is 1. The first kappa shape index (κ1) is 14.9. The van der Waals surface area contributed by atoms with Gasteiger partial charge in [-0.1, -0.05) is 6.42 Å². The van der Waals surface area contributed by atoms with E-state index in [1.165, 1.54) is 0 Å². The molecule has 1 saturated heterocycles. The minimum absolute atomic E-state index is 0.0694. The number of nitrogens with zero attached hydrogens (tertiary/aromatic N) is 2. The fraction of sp³-hybridized carbons (Fsp3) is 0.929. The highest BCUT2D eigenvalue weighted by molar-refractivity contribution is 5.81. The zero-order valence-corrected chi connectivity index (χ0v) is 12.0. The average molecular weight is 305 g/mol. The van der Waals surface area contributed by atoms with Gasteiger partial charge in [0.15, 0.2) is 5.96 Å². The minimum Gasteiger partial charge on any atom is -0.376 e. The van der Waals surface area contributed by atoms with Crippen molar-refractivity contribution in [1.29, 1.82) is 0 Å². The number of rotatable bonds is 2. The molecule has 1 aliphatic carbocycles. The number of nitrogens with two attached hydrogens (primary N) is 1. The Bertz CT molecular complexity index is 420. The summed E-state index contributed by atoms with van der Waals surface area (Å²) in [7, 11) is 0. The SMILES string of the molecule is NC1=NCC2(CCCC(C(F)(F)F)C2)N1CC1CCCO1. The quantitative estimate of drug-likeness (QED) is 0.851. The second kappa shape index (κ2) is 5.34. The molecule has 0 aromatic heterocycles. The summed E-state index contributed by atoms with van der Waals surface area (Å²) < 4.78 is 44.9. The number of guanidine groups is 1. The predicted octanol–water partition coefficient (Wildman–Crippen LogP) is 2.29. The Labute approximate surface area is 122 Å². The van der Waals surface area contributed by atoms with Gasteiger partial charge in [0, 0.05) is 13.2 Å². The van der Waals surface area contributed by atoms with Crippen LogP contribution < -0.4 is 5.73 Å². The first-order chi connectivity index (χ1) is 9.91. The van der Waals surface area contributed by atoms with E-state index in [0.29, 0.717) is 25.5 Å². The monoisotopic (exact) mass is 305 g/mol. The van der Waals surface area contributed by atoms with E-state index in [4.69, 9.17) is 10.5 Å². The van der Waals surface area contributed by atoms with Gasteiger partial charge in [-0.25, -0.2) is 0 Å². The van der Waals surface area contributed by atoms with Crippen LogP contribution in [0, 0.1) is 5.92 Å². The van der Waals surface area contributed by atoms with Crippen LogP contribution in [0.3, 0.4) is 0 Å². The molecule has 2 heterocycles. The molecule has 1 saturated carbocycles. The molecular weight excluding hydrogens is 283 g/mol. The molecule has 4 nitrogen and oxygen atoms in total. The van der Waals surface area contributed by atoms with Crippen LogP contribution in [0.1, 0.15) is 38.5 Å². The van der Waals surface area contributed by atoms with Crippen LogP contribution in [0.25, 0.3) is 0 Å². The highest BCUT2D eigenvalue weighted by atomic mass is 19.4. The molecule has 2 N–H and O–H groups in total. The Hall–Kier alpha value is -0.980. The molecule has 2 fully saturated rings. The van der Waals surface area contributed by atoms with Gasteiger partial charge in [-0.3, -0.25) is 4.99 Å². The molecule has 1 spiro atoms. The molecule has 3 rings (SSSR count). The van der Waals surface area contributed by atoms with Gasteiger partial charge in [0.05, 0.1) is 24.1 Å². The van der Waals surface area contributed by atoms with Crippen LogP contribution in [-0.2, 0) is 4.74 Å². The van der Waals surface area contributed by atoms with Crippen LogP contribution >= 0.6 is 0 Å². The van der Waals surface area contributed by atoms with Crippen molar-refractivity contribution in [3.8, 4) is 0 Å². The first-order valence-corrected chi connectivity index (χ1v) is 7.67. The third kappa shape index (κ3) is 2.84. The maximum absolute atomic E-state index is 13.1. The standard InChI is InChI=1S/C14H22F3N3O/c15-14(16,17)10-3-1-5-13(7-10)9-19-12(18)20(13)8-11-4-2-6-21-11/h10-11H,1-9H2,(H2,18,19). The van der Waals surface area contributed by atoms with Crippen LogP contribution in [0.5, 0.6) is 0 Å². The van der Waals surface area contributed by atoms with E-state index in [-0.39, 0.29) is 18.9 Å². The van der Waals surface area contributed by atoms with Crippen molar-refractivity contribution in [2.24, 2.45) is 16.6 Å². The summed E-state index contributed by atoms with van der Waals surface area (Å²) in [5, 5.41) is 0. The maximum atomic E-state index is 13.1. The zero-order chi connectivity index (χ0) is 15.1. The van der Waals surface area contributed by atoms with Gasteiger partial charge in [-0.05, 0) is 32.1 Å². The van der Waals surface area contributed by atoms with Gasteiger partial charge < -0.3 is 15.4 Å². The summed E-state index contributed by atoms with van der Waals surface area (Å²) >= 11 is 0. The van der Waals surface area contributed by atoms with Crippen LogP contribution in [-0.4, -0.2) is 48.4 Å². The lowest BCUT2D eigenvalue weighted by atomic mass is 9.74. The van der Waals surface area contributed by atoms with Crippen LogP contribution in [0.4, 0.5) is 13.2 Å². The number of halogens is 3. The Morgan fingerprint density at radius 3 is 2.81 bits per heavy atom. The van der Waals surface area contributed by atoms with E-state index in [1.807, 2.05) is 4.90 Å². The van der Waals surface area contributed by atoms with Crippen molar-refractivity contribution in [1.82, 2.24) is 4.90 Å². The molecule has 0 aromatic rings. The molecule has 0 bridgehead atoms. The number of hydrogen-bond donors (Lipinski definition) is 1. The summed E-state index contributed by atoms with van der Waals surface area (Å²) in [6.07, 6.45) is -0.464. The number of alkyl halides is 3. The van der Waals surface area contributed by atoms with Crippen molar-refractivity contribution in [3.63, 3.8) is 0 Å². The molecule has 7 heteroatoms. The molecule has 3 aliphatic rings. The van der Waals surface area contributed by atoms with E-state index in [1.54, 1.807) is 0 Å².